The van der Waals surface area contributed by atoms with Crippen LogP contribution in [0, 0.1) is 0 Å². The number of fused-ring (bicyclic) bond motifs is 4. The summed E-state index contributed by atoms with van der Waals surface area (Å²) in [4.78, 5) is 4.91. The molecule has 0 spiro atoms. The molecular weight excluding hydrogens is 725 g/mol. The maximum absolute atomic E-state index is 2.50. The lowest BCUT2D eigenvalue weighted by molar-refractivity contribution is 1.03. The number of rotatable bonds is 8. The first-order chi connectivity index (χ1) is 29.8. The summed E-state index contributed by atoms with van der Waals surface area (Å²) in [6.45, 7) is 0. The third-order valence-electron chi connectivity index (χ3n) is 12.0. The maximum Gasteiger partial charge on any atom is 0.0540 e. The van der Waals surface area contributed by atoms with Crippen molar-refractivity contribution in [2.24, 2.45) is 0 Å². The van der Waals surface area contributed by atoms with Crippen LogP contribution in [0.4, 0.5) is 28.4 Å². The Bertz CT molecular complexity index is 3300. The molecule has 1 aliphatic carbocycles. The van der Waals surface area contributed by atoms with Gasteiger partial charge in [-0.3, -0.25) is 0 Å². The Morgan fingerprint density at radius 1 is 0.333 bits per heavy atom. The molecule has 0 saturated heterocycles. The standard InChI is InChI=1S/C58H42N2/c1-5-21-43(22-6-1)57-51-37-35-48(60(46-29-11-4-12-30-46)56-34-18-26-42-20-14-16-32-50(42)56)40-54(51)58(44-23-7-2-8-24-44)52-38-36-47(39-53(52)57)59(45-27-9-3-10-28-45)55-33-17-25-41-19-13-15-31-49(41)55/h1-17,19-33,35-40H,18,34H2. The van der Waals surface area contributed by atoms with Gasteiger partial charge in [0, 0.05) is 39.1 Å². The van der Waals surface area contributed by atoms with Crippen molar-refractivity contribution in [3.8, 4) is 22.3 Å². The van der Waals surface area contributed by atoms with Gasteiger partial charge in [0.05, 0.1) is 5.69 Å². The van der Waals surface area contributed by atoms with E-state index in [9.17, 15) is 0 Å². The van der Waals surface area contributed by atoms with Crippen molar-refractivity contribution in [1.82, 2.24) is 0 Å². The van der Waals surface area contributed by atoms with Crippen LogP contribution in [-0.2, 0) is 0 Å². The van der Waals surface area contributed by atoms with Crippen LogP contribution in [0.25, 0.3) is 66.3 Å². The van der Waals surface area contributed by atoms with E-state index in [-0.39, 0.29) is 0 Å². The van der Waals surface area contributed by atoms with E-state index in [0.717, 1.165) is 41.3 Å². The molecule has 0 aromatic heterocycles. The Morgan fingerprint density at radius 2 is 0.833 bits per heavy atom. The van der Waals surface area contributed by atoms with Crippen molar-refractivity contribution in [2.45, 2.75) is 12.8 Å². The Kier molecular flexibility index (Phi) is 9.02. The molecule has 0 N–H and O–H groups in total. The fourth-order valence-electron chi connectivity index (χ4n) is 9.43. The predicted molar refractivity (Wildman–Crippen MR) is 256 cm³/mol. The van der Waals surface area contributed by atoms with Crippen LogP contribution in [0.15, 0.2) is 224 Å². The van der Waals surface area contributed by atoms with Crippen LogP contribution in [0.3, 0.4) is 0 Å². The Hall–Kier alpha value is -7.68. The minimum absolute atomic E-state index is 0.958. The van der Waals surface area contributed by atoms with Crippen molar-refractivity contribution in [2.75, 3.05) is 9.80 Å². The van der Waals surface area contributed by atoms with Crippen molar-refractivity contribution >= 4 is 72.5 Å². The summed E-state index contributed by atoms with van der Waals surface area (Å²) in [5.74, 6) is 0. The van der Waals surface area contributed by atoms with E-state index >= 15 is 0 Å². The fraction of sp³-hybridized carbons (Fsp3) is 0.0345. The molecule has 10 aromatic rings. The van der Waals surface area contributed by atoms with E-state index in [4.69, 9.17) is 0 Å². The van der Waals surface area contributed by atoms with Gasteiger partial charge in [0.1, 0.15) is 0 Å². The molecular formula is C58H42N2. The first-order valence-corrected chi connectivity index (χ1v) is 20.9. The number of para-hydroxylation sites is 2. The van der Waals surface area contributed by atoms with Gasteiger partial charge in [-0.1, -0.05) is 176 Å². The zero-order valence-corrected chi connectivity index (χ0v) is 33.2. The number of benzene rings is 10. The summed E-state index contributed by atoms with van der Waals surface area (Å²) < 4.78 is 0. The van der Waals surface area contributed by atoms with Crippen LogP contribution in [-0.4, -0.2) is 0 Å². The summed E-state index contributed by atoms with van der Waals surface area (Å²) in [6.07, 6.45) is 4.34. The highest BCUT2D eigenvalue weighted by Gasteiger charge is 2.23. The summed E-state index contributed by atoms with van der Waals surface area (Å²) in [5, 5.41) is 9.90. The first kappa shape index (κ1) is 35.5. The van der Waals surface area contributed by atoms with Crippen molar-refractivity contribution in [1.29, 1.82) is 0 Å². The first-order valence-electron chi connectivity index (χ1n) is 20.9. The van der Waals surface area contributed by atoms with Crippen LogP contribution in [0.2, 0.25) is 0 Å². The molecule has 10 aromatic carbocycles. The van der Waals surface area contributed by atoms with Gasteiger partial charge in [0.15, 0.2) is 0 Å². The number of nitrogens with zero attached hydrogens (tertiary/aromatic N) is 2. The molecule has 11 rings (SSSR count). The summed E-state index contributed by atoms with van der Waals surface area (Å²) in [7, 11) is 0. The van der Waals surface area contributed by atoms with E-state index in [0.29, 0.717) is 0 Å². The van der Waals surface area contributed by atoms with Crippen LogP contribution >= 0.6 is 0 Å². The van der Waals surface area contributed by atoms with E-state index in [2.05, 4.69) is 240 Å². The third kappa shape index (κ3) is 6.22. The lowest BCUT2D eigenvalue weighted by Crippen LogP contribution is -2.34. The van der Waals surface area contributed by atoms with Crippen LogP contribution in [0.5, 0.6) is 0 Å². The lowest BCUT2D eigenvalue weighted by Gasteiger charge is -2.30. The normalized spacial score (nSPS) is 12.3. The number of hydrogen-bond donors (Lipinski definition) is 0. The minimum Gasteiger partial charge on any atom is -0.314 e. The highest BCUT2D eigenvalue weighted by Crippen LogP contribution is 2.48. The van der Waals surface area contributed by atoms with Gasteiger partial charge in [0.25, 0.3) is 0 Å². The zero-order chi connectivity index (χ0) is 39.8. The Labute approximate surface area is 350 Å². The Morgan fingerprint density at radius 3 is 1.47 bits per heavy atom. The van der Waals surface area contributed by atoms with Gasteiger partial charge >= 0.3 is 0 Å². The molecule has 0 unspecified atom stereocenters. The summed E-state index contributed by atoms with van der Waals surface area (Å²) >= 11 is 0. The van der Waals surface area contributed by atoms with Gasteiger partial charge < -0.3 is 9.80 Å². The number of hydrogen-bond acceptors (Lipinski definition) is 2. The second kappa shape index (κ2) is 15.2. The molecule has 1 aliphatic rings. The third-order valence-corrected chi connectivity index (χ3v) is 12.0. The molecule has 0 radical (unpaired) electrons. The van der Waals surface area contributed by atoms with Crippen LogP contribution < -0.4 is 20.2 Å². The molecule has 0 heterocycles. The van der Waals surface area contributed by atoms with Crippen molar-refractivity contribution in [3.05, 3.63) is 235 Å². The largest absolute Gasteiger partial charge is 0.314 e. The van der Waals surface area contributed by atoms with Crippen LogP contribution in [0.1, 0.15) is 12.8 Å². The molecule has 0 saturated carbocycles. The molecule has 2 heteroatoms. The molecule has 284 valence electrons. The average molecular weight is 767 g/mol. The number of anilines is 5. The topological polar surface area (TPSA) is 6.48 Å². The quantitative estimate of drug-likeness (QED) is 0.142. The van der Waals surface area contributed by atoms with Gasteiger partial charge in [0.2, 0.25) is 0 Å². The monoisotopic (exact) mass is 766 g/mol. The fourth-order valence-corrected chi connectivity index (χ4v) is 9.43. The van der Waals surface area contributed by atoms with Gasteiger partial charge in [-0.25, -0.2) is 0 Å². The molecule has 0 amide bonds. The van der Waals surface area contributed by atoms with Crippen molar-refractivity contribution < 1.29 is 0 Å². The lowest BCUT2D eigenvalue weighted by atomic mass is 9.85. The van der Waals surface area contributed by atoms with Gasteiger partial charge in [-0.15, -0.1) is 0 Å². The summed E-state index contributed by atoms with van der Waals surface area (Å²) in [5.41, 5.74) is 11.9. The summed E-state index contributed by atoms with van der Waals surface area (Å²) in [6, 6.07) is 82.0. The average Bonchev–Trinajstić information content (AvgIpc) is 3.32. The van der Waals surface area contributed by atoms with Gasteiger partial charge in [-0.05, 0) is 122 Å². The maximum atomic E-state index is 2.50. The SMILES string of the molecule is C1=c2ccccc2=C(N(c2ccccc2)c2ccc3c(-c4ccccc4)c4cc(N(c5ccccc5)c5cccc6ccccc56)ccc4c(-c4ccccc4)c3c2)CC1. The zero-order valence-electron chi connectivity index (χ0n) is 33.2. The minimum atomic E-state index is 0.958. The van der Waals surface area contributed by atoms with Gasteiger partial charge in [-0.2, -0.15) is 0 Å². The highest BCUT2D eigenvalue weighted by molar-refractivity contribution is 6.23. The van der Waals surface area contributed by atoms with E-state index < -0.39 is 0 Å². The molecule has 0 aliphatic heterocycles. The molecule has 0 bridgehead atoms. The Balaban J connectivity index is 1.23. The predicted octanol–water partition coefficient (Wildman–Crippen LogP) is 14.5. The van der Waals surface area contributed by atoms with E-state index in [1.165, 1.54) is 70.7 Å². The second-order valence-corrected chi connectivity index (χ2v) is 15.6. The molecule has 0 fully saturated rings. The second-order valence-electron chi connectivity index (χ2n) is 15.6. The smallest absolute Gasteiger partial charge is 0.0540 e. The van der Waals surface area contributed by atoms with E-state index in [1.54, 1.807) is 0 Å². The molecule has 2 nitrogen and oxygen atoms in total. The highest BCUT2D eigenvalue weighted by atomic mass is 15.2. The molecule has 0 atom stereocenters. The van der Waals surface area contributed by atoms with Crippen molar-refractivity contribution in [3.63, 3.8) is 0 Å². The van der Waals surface area contributed by atoms with E-state index in [1.807, 2.05) is 0 Å². The molecule has 60 heavy (non-hydrogen) atoms.